The van der Waals surface area contributed by atoms with Crippen molar-refractivity contribution < 1.29 is 9.53 Å². The van der Waals surface area contributed by atoms with Crippen LogP contribution in [0.5, 0.6) is 0 Å². The first-order valence-corrected chi connectivity index (χ1v) is 8.13. The average Bonchev–Trinajstić information content (AvgIpc) is 2.95. The third-order valence-corrected chi connectivity index (χ3v) is 4.51. The van der Waals surface area contributed by atoms with Gasteiger partial charge in [-0.2, -0.15) is 0 Å². The molecule has 2 aliphatic heterocycles. The number of hydrogen-bond acceptors (Lipinski definition) is 4. The number of hydrogen-bond donors (Lipinski definition) is 0. The van der Waals surface area contributed by atoms with Gasteiger partial charge in [-0.3, -0.25) is 4.90 Å². The molecule has 0 saturated carbocycles. The molecule has 2 fully saturated rings. The Hall–Kier alpha value is -1.56. The van der Waals surface area contributed by atoms with E-state index in [2.05, 4.69) is 28.3 Å². The molecule has 1 spiro atoms. The maximum Gasteiger partial charge on any atom is 0.410 e. The molecule has 0 unspecified atom stereocenters. The van der Waals surface area contributed by atoms with E-state index in [-0.39, 0.29) is 11.7 Å². The molecular formula is C16H26N4O2. The zero-order valence-corrected chi connectivity index (χ0v) is 13.8. The lowest BCUT2D eigenvalue weighted by molar-refractivity contribution is -0.0120. The van der Waals surface area contributed by atoms with Gasteiger partial charge in [-0.25, -0.2) is 9.78 Å². The summed E-state index contributed by atoms with van der Waals surface area (Å²) < 4.78 is 7.90. The summed E-state index contributed by atoms with van der Waals surface area (Å²) in [5.74, 6) is 0.602. The molecule has 6 heteroatoms. The monoisotopic (exact) mass is 306 g/mol. The minimum absolute atomic E-state index is 0.188. The molecule has 1 aromatic heterocycles. The number of carbonyl (C=O) groups excluding carboxylic acids is 1. The molecule has 1 aromatic rings. The molecule has 22 heavy (non-hydrogen) atoms. The lowest BCUT2D eigenvalue weighted by atomic mass is 9.92. The molecular weight excluding hydrogens is 280 g/mol. The Bertz CT molecular complexity index is 542. The first kappa shape index (κ1) is 15.3. The zero-order chi connectivity index (χ0) is 15.7. The molecule has 0 aliphatic carbocycles. The van der Waals surface area contributed by atoms with E-state index in [1.807, 2.05) is 19.6 Å². The maximum absolute atomic E-state index is 11.7. The van der Waals surface area contributed by atoms with Crippen molar-refractivity contribution in [2.24, 2.45) is 5.92 Å². The molecule has 2 saturated heterocycles. The Morgan fingerprint density at radius 3 is 2.91 bits per heavy atom. The van der Waals surface area contributed by atoms with E-state index in [0.29, 0.717) is 12.5 Å². The van der Waals surface area contributed by atoms with Crippen molar-refractivity contribution in [1.82, 2.24) is 19.4 Å². The van der Waals surface area contributed by atoms with Gasteiger partial charge in [0, 0.05) is 32.9 Å². The van der Waals surface area contributed by atoms with Crippen LogP contribution in [0.1, 0.15) is 32.4 Å². The van der Waals surface area contributed by atoms with Gasteiger partial charge in [-0.05, 0) is 25.3 Å². The number of rotatable bonds is 4. The molecule has 3 rings (SSSR count). The second kappa shape index (κ2) is 5.91. The largest absolute Gasteiger partial charge is 0.440 e. The van der Waals surface area contributed by atoms with Crippen LogP contribution in [0.3, 0.4) is 0 Å². The van der Waals surface area contributed by atoms with E-state index in [4.69, 9.17) is 4.74 Å². The third-order valence-electron chi connectivity index (χ3n) is 4.51. The van der Waals surface area contributed by atoms with Crippen LogP contribution in [0.25, 0.3) is 0 Å². The molecule has 0 bridgehead atoms. The number of piperidine rings is 1. The van der Waals surface area contributed by atoms with Gasteiger partial charge in [0.2, 0.25) is 0 Å². The quantitative estimate of drug-likeness (QED) is 0.853. The standard InChI is InChI=1S/C16H26N4O2/c1-13(2)8-20-12-17-7-14(20)9-19-6-4-5-16(11-19)10-18(3)15(21)22-16/h7,12-13H,4-6,8-11H2,1-3H3/t16-/m0/s1. The highest BCUT2D eigenvalue weighted by Gasteiger charge is 2.46. The topological polar surface area (TPSA) is 50.6 Å². The highest BCUT2D eigenvalue weighted by atomic mass is 16.6. The molecule has 0 aromatic carbocycles. The van der Waals surface area contributed by atoms with Gasteiger partial charge in [0.1, 0.15) is 5.60 Å². The zero-order valence-electron chi connectivity index (χ0n) is 13.8. The molecule has 1 amide bonds. The fraction of sp³-hybridized carbons (Fsp3) is 0.750. The summed E-state index contributed by atoms with van der Waals surface area (Å²) in [4.78, 5) is 20.1. The van der Waals surface area contributed by atoms with Gasteiger partial charge in [-0.15, -0.1) is 0 Å². The third kappa shape index (κ3) is 3.11. The lowest BCUT2D eigenvalue weighted by Crippen LogP contribution is -2.50. The Labute approximate surface area is 132 Å². The predicted molar refractivity (Wildman–Crippen MR) is 83.4 cm³/mol. The number of amides is 1. The van der Waals surface area contributed by atoms with Crippen LogP contribution in [0.15, 0.2) is 12.5 Å². The molecule has 1 atom stereocenters. The molecule has 2 aliphatic rings. The average molecular weight is 306 g/mol. The molecule has 3 heterocycles. The van der Waals surface area contributed by atoms with Crippen LogP contribution < -0.4 is 0 Å². The summed E-state index contributed by atoms with van der Waals surface area (Å²) in [7, 11) is 1.81. The normalized spacial score (nSPS) is 26.2. The Morgan fingerprint density at radius 2 is 2.23 bits per heavy atom. The smallest absolute Gasteiger partial charge is 0.410 e. The number of aromatic nitrogens is 2. The highest BCUT2D eigenvalue weighted by molar-refractivity contribution is 5.70. The van der Waals surface area contributed by atoms with Crippen LogP contribution in [0.2, 0.25) is 0 Å². The van der Waals surface area contributed by atoms with Crippen molar-refractivity contribution in [3.05, 3.63) is 18.2 Å². The number of likely N-dealkylation sites (tertiary alicyclic amines) is 1. The van der Waals surface area contributed by atoms with Gasteiger partial charge < -0.3 is 14.2 Å². The van der Waals surface area contributed by atoms with Crippen molar-refractivity contribution in [1.29, 1.82) is 0 Å². The SMILES string of the molecule is CC(C)Cn1cncc1CN1CCC[C@@]2(C1)CN(C)C(=O)O2. The highest BCUT2D eigenvalue weighted by Crippen LogP contribution is 2.31. The van der Waals surface area contributed by atoms with Gasteiger partial charge in [0.25, 0.3) is 0 Å². The minimum atomic E-state index is -0.313. The van der Waals surface area contributed by atoms with Crippen LogP contribution in [-0.4, -0.2) is 57.7 Å². The van der Waals surface area contributed by atoms with Crippen LogP contribution in [-0.2, 0) is 17.8 Å². The van der Waals surface area contributed by atoms with E-state index in [1.165, 1.54) is 5.69 Å². The Balaban J connectivity index is 1.66. The summed E-state index contributed by atoms with van der Waals surface area (Å²) in [5, 5.41) is 0. The van der Waals surface area contributed by atoms with E-state index in [1.54, 1.807) is 4.90 Å². The second-order valence-corrected chi connectivity index (χ2v) is 7.15. The molecule has 122 valence electrons. The Morgan fingerprint density at radius 1 is 1.41 bits per heavy atom. The molecule has 6 nitrogen and oxygen atoms in total. The fourth-order valence-corrected chi connectivity index (χ4v) is 3.60. The lowest BCUT2D eigenvalue weighted by Gasteiger charge is -2.38. The van der Waals surface area contributed by atoms with Gasteiger partial charge in [0.15, 0.2) is 0 Å². The molecule has 0 N–H and O–H groups in total. The van der Waals surface area contributed by atoms with Gasteiger partial charge in [0.05, 0.1) is 18.6 Å². The summed E-state index contributed by atoms with van der Waals surface area (Å²) >= 11 is 0. The maximum atomic E-state index is 11.7. The van der Waals surface area contributed by atoms with E-state index < -0.39 is 0 Å². The number of nitrogens with zero attached hydrogens (tertiary/aromatic N) is 4. The van der Waals surface area contributed by atoms with Crippen LogP contribution in [0.4, 0.5) is 4.79 Å². The van der Waals surface area contributed by atoms with E-state index >= 15 is 0 Å². The van der Waals surface area contributed by atoms with Gasteiger partial charge >= 0.3 is 6.09 Å². The van der Waals surface area contributed by atoms with Crippen molar-refractivity contribution in [3.8, 4) is 0 Å². The van der Waals surface area contributed by atoms with Crippen molar-refractivity contribution >= 4 is 6.09 Å². The number of carbonyl (C=O) groups is 1. The second-order valence-electron chi connectivity index (χ2n) is 7.15. The van der Waals surface area contributed by atoms with Crippen molar-refractivity contribution in [3.63, 3.8) is 0 Å². The number of likely N-dealkylation sites (N-methyl/N-ethyl adjacent to an activating group) is 1. The first-order chi connectivity index (χ1) is 10.5. The first-order valence-electron chi connectivity index (χ1n) is 8.13. The summed E-state index contributed by atoms with van der Waals surface area (Å²) in [6, 6.07) is 0. The van der Waals surface area contributed by atoms with Crippen molar-refractivity contribution in [2.45, 2.75) is 45.4 Å². The summed E-state index contributed by atoms with van der Waals surface area (Å²) in [5.41, 5.74) is 0.927. The van der Waals surface area contributed by atoms with Gasteiger partial charge in [-0.1, -0.05) is 13.8 Å². The minimum Gasteiger partial charge on any atom is -0.440 e. The summed E-state index contributed by atoms with van der Waals surface area (Å²) in [6.45, 7) is 8.86. The Kier molecular flexibility index (Phi) is 4.12. The fourth-order valence-electron chi connectivity index (χ4n) is 3.60. The summed E-state index contributed by atoms with van der Waals surface area (Å²) in [6.07, 6.45) is 5.71. The van der Waals surface area contributed by atoms with Crippen molar-refractivity contribution in [2.75, 3.05) is 26.7 Å². The molecule has 0 radical (unpaired) electrons. The number of imidazole rings is 1. The van der Waals surface area contributed by atoms with Crippen LogP contribution in [0, 0.1) is 5.92 Å². The van der Waals surface area contributed by atoms with Crippen LogP contribution >= 0.6 is 0 Å². The van der Waals surface area contributed by atoms with E-state index in [0.717, 1.165) is 39.0 Å². The predicted octanol–water partition coefficient (Wildman–Crippen LogP) is 1.96. The number of ether oxygens (including phenoxy) is 1. The van der Waals surface area contributed by atoms with E-state index in [9.17, 15) is 4.79 Å².